The lowest BCUT2D eigenvalue weighted by atomic mass is 9.82. The molecule has 0 spiro atoms. The molecule has 0 aromatic rings. The van der Waals surface area contributed by atoms with E-state index in [2.05, 4.69) is 0 Å². The first kappa shape index (κ1) is 44.7. The first-order valence-electron chi connectivity index (χ1n) is 18.6. The number of hydrogen-bond donors (Lipinski definition) is 8. The van der Waals surface area contributed by atoms with Crippen LogP contribution in [0.4, 0.5) is 9.59 Å². The lowest BCUT2D eigenvalue weighted by Crippen LogP contribution is -2.61. The van der Waals surface area contributed by atoms with Crippen LogP contribution in [0, 0.1) is 23.7 Å². The van der Waals surface area contributed by atoms with Gasteiger partial charge in [0.2, 0.25) is 12.6 Å². The maximum Gasteiger partial charge on any atom is 0.367 e. The molecule has 24 heteroatoms. The van der Waals surface area contributed by atoms with E-state index >= 15 is 0 Å². The van der Waals surface area contributed by atoms with Gasteiger partial charge in [0.15, 0.2) is 18.7 Å². The number of thioether (sulfide) groups is 2. The van der Waals surface area contributed by atoms with Crippen molar-refractivity contribution in [3.63, 3.8) is 0 Å². The summed E-state index contributed by atoms with van der Waals surface area (Å²) >= 11 is 1.59. The molecule has 18 atom stereocenters. The lowest BCUT2D eigenvalue weighted by Gasteiger charge is -2.44. The smallest absolute Gasteiger partial charge is 0.367 e. The van der Waals surface area contributed by atoms with Crippen molar-refractivity contribution in [1.82, 2.24) is 0 Å². The summed E-state index contributed by atoms with van der Waals surface area (Å²) in [5.74, 6) is -5.75. The van der Waals surface area contributed by atoms with Gasteiger partial charge < -0.3 is 88.2 Å². The minimum atomic E-state index is -1.97. The van der Waals surface area contributed by atoms with E-state index in [-0.39, 0.29) is 23.3 Å². The molecule has 8 N–H and O–H groups in total. The van der Waals surface area contributed by atoms with Crippen molar-refractivity contribution >= 4 is 46.1 Å². The van der Waals surface area contributed by atoms with Gasteiger partial charge in [-0.3, -0.25) is 0 Å². The van der Waals surface area contributed by atoms with Crippen molar-refractivity contribution < 1.29 is 107 Å². The Morgan fingerprint density at radius 3 is 1.82 bits per heavy atom. The zero-order valence-electron chi connectivity index (χ0n) is 31.6. The van der Waals surface area contributed by atoms with Crippen molar-refractivity contribution in [2.24, 2.45) is 23.7 Å². The fraction of sp³-hybridized carbons (Fsp3) is 0.667. The summed E-state index contributed by atoms with van der Waals surface area (Å²) in [7, 11) is 0. The van der Waals surface area contributed by atoms with Gasteiger partial charge >= 0.3 is 22.5 Å². The van der Waals surface area contributed by atoms with Crippen LogP contribution >= 0.6 is 23.5 Å². The molecule has 7 rings (SSSR count). The van der Waals surface area contributed by atoms with Crippen molar-refractivity contribution in [3.8, 4) is 0 Å². The molecule has 0 amide bonds. The van der Waals surface area contributed by atoms with Gasteiger partial charge in [0.1, 0.15) is 62.0 Å². The van der Waals surface area contributed by atoms with Crippen LogP contribution in [-0.4, -0.2) is 189 Å². The molecule has 3 fully saturated rings. The summed E-state index contributed by atoms with van der Waals surface area (Å²) in [6.45, 7) is -2.26. The highest BCUT2D eigenvalue weighted by atomic mass is 32.2. The number of hydrogen-bond acceptors (Lipinski definition) is 24. The van der Waals surface area contributed by atoms with Gasteiger partial charge in [-0.25, -0.2) is 19.2 Å². The zero-order chi connectivity index (χ0) is 43.2. The Kier molecular flexibility index (Phi) is 13.8. The second-order valence-electron chi connectivity index (χ2n) is 14.6. The van der Waals surface area contributed by atoms with Crippen LogP contribution in [0.15, 0.2) is 47.0 Å². The normalized spacial score (nSPS) is 41.6. The molecule has 332 valence electrons. The van der Waals surface area contributed by atoms with E-state index in [1.807, 2.05) is 0 Å². The molecule has 0 aromatic carbocycles. The van der Waals surface area contributed by atoms with E-state index in [1.54, 1.807) is 6.08 Å². The van der Waals surface area contributed by atoms with Crippen molar-refractivity contribution in [2.75, 3.05) is 38.9 Å². The molecule has 3 saturated heterocycles. The lowest BCUT2D eigenvalue weighted by molar-refractivity contribution is -0.341. The molecule has 5 heterocycles. The summed E-state index contributed by atoms with van der Waals surface area (Å²) < 4.78 is 56.2. The Morgan fingerprint density at radius 1 is 0.667 bits per heavy atom. The highest BCUT2D eigenvalue weighted by Crippen LogP contribution is 2.50. The van der Waals surface area contributed by atoms with Crippen molar-refractivity contribution in [3.05, 3.63) is 47.0 Å². The number of rotatable bonds is 12. The largest absolute Gasteiger partial charge is 0.471 e. The van der Waals surface area contributed by atoms with Crippen molar-refractivity contribution in [2.45, 2.75) is 86.2 Å². The summed E-state index contributed by atoms with van der Waals surface area (Å²) in [4.78, 5) is 50.6. The summed E-state index contributed by atoms with van der Waals surface area (Å²) in [5.41, 5.74) is 0.497. The number of aliphatic hydroxyl groups is 8. The Hall–Kier alpha value is -3.34. The number of esters is 2. The highest BCUT2D eigenvalue weighted by Gasteiger charge is 2.58. The van der Waals surface area contributed by atoms with Crippen LogP contribution in [0.1, 0.15) is 0 Å². The number of carbonyl (C=O) groups is 4. The third-order valence-electron chi connectivity index (χ3n) is 11.3. The highest BCUT2D eigenvalue weighted by molar-refractivity contribution is 8.12. The van der Waals surface area contributed by atoms with E-state index in [0.717, 1.165) is 36.0 Å². The molecule has 0 saturated carbocycles. The molecule has 0 bridgehead atoms. The molecule has 0 radical (unpaired) electrons. The van der Waals surface area contributed by atoms with Crippen LogP contribution < -0.4 is 0 Å². The van der Waals surface area contributed by atoms with Gasteiger partial charge in [0, 0.05) is 11.8 Å². The number of carbonyl (C=O) groups excluding carboxylic acids is 4. The third kappa shape index (κ3) is 8.43. The number of ether oxygens (including phenoxy) is 10. The Morgan fingerprint density at radius 2 is 1.22 bits per heavy atom. The predicted octanol–water partition coefficient (Wildman–Crippen LogP) is -2.72. The molecule has 2 aliphatic carbocycles. The van der Waals surface area contributed by atoms with Crippen LogP contribution in [0.25, 0.3) is 0 Å². The Bertz CT molecular complexity index is 1780. The molecule has 60 heavy (non-hydrogen) atoms. The fourth-order valence-corrected chi connectivity index (χ4v) is 8.67. The monoisotopic (exact) mass is 892 g/mol. The Labute approximate surface area is 348 Å². The van der Waals surface area contributed by atoms with Crippen molar-refractivity contribution in [1.29, 1.82) is 0 Å². The Balaban J connectivity index is 1.10. The van der Waals surface area contributed by atoms with Crippen LogP contribution in [0.3, 0.4) is 0 Å². The van der Waals surface area contributed by atoms with Gasteiger partial charge in [-0.1, -0.05) is 6.08 Å². The minimum absolute atomic E-state index is 0.188. The summed E-state index contributed by atoms with van der Waals surface area (Å²) in [6.07, 6.45) is -14.6. The second-order valence-corrected chi connectivity index (χ2v) is 16.1. The first-order valence-corrected chi connectivity index (χ1v) is 21.0. The van der Waals surface area contributed by atoms with Gasteiger partial charge in [-0.05, 0) is 53.3 Å². The van der Waals surface area contributed by atoms with Gasteiger partial charge in [-0.2, -0.15) is 0 Å². The van der Waals surface area contributed by atoms with E-state index < -0.39 is 152 Å². The topological polar surface area (TPSA) is 322 Å². The molecule has 2 unspecified atom stereocenters. The average Bonchev–Trinajstić information content (AvgIpc) is 3.89. The average molecular weight is 893 g/mol. The van der Waals surface area contributed by atoms with Gasteiger partial charge in [-0.15, -0.1) is 0 Å². The zero-order valence-corrected chi connectivity index (χ0v) is 33.3. The number of aliphatic hydroxyl groups excluding tert-OH is 8. The SMILES string of the molecule is CSC(=O)OCC1=C[C@@H]2OC(=O)C3=CO[C@@H](O[C@@H]4O[C@H](CO)[C@@H](O)[C@H](OC(=O)C5=CO[C@@H](O[C@@H]6O[C@H](CO)[C@@H](O)[C@H](O)[C@H]6O)[C@@H]6C(COC(=O)SC)=C[C@H](O)[C@H]56)[C@H]4O)C1C32. The van der Waals surface area contributed by atoms with Crippen LogP contribution in [0.2, 0.25) is 0 Å². The molecular formula is C36H44O22S2. The van der Waals surface area contributed by atoms with Gasteiger partial charge in [0.05, 0.1) is 54.8 Å². The fourth-order valence-electron chi connectivity index (χ4n) is 8.31. The van der Waals surface area contributed by atoms with Gasteiger partial charge in [0.25, 0.3) is 0 Å². The summed E-state index contributed by atoms with van der Waals surface area (Å²) in [6, 6.07) is 0. The quantitative estimate of drug-likeness (QED) is 0.0561. The van der Waals surface area contributed by atoms with E-state index in [4.69, 9.17) is 47.4 Å². The standard InChI is InChI=1S/C36H44O22S2/c1-59-35(47)51-7-11-3-15(39)21-13(9-49-31(19(11)21)57-33-26(43)25(42)23(40)17(5-37)54-33)30(46)56-28-24(41)18(6-38)55-34(27(28)44)58-32-20-12(8-52-36(48)60-2)4-16-22(20)14(10-50-32)29(45)53-16/h3-4,9-10,15-28,31-34,37-44H,5-8H2,1-2H3/t15-,16-,17+,18+,19+,20?,21-,22?,23+,24+,25-,26+,27+,28-,31-,32-,33-,34-/m0/s1. The molecule has 7 aliphatic rings. The molecule has 5 aliphatic heterocycles. The van der Waals surface area contributed by atoms with E-state index in [9.17, 15) is 60.0 Å². The third-order valence-corrected chi connectivity index (χ3v) is 12.2. The van der Waals surface area contributed by atoms with Crippen LogP contribution in [-0.2, 0) is 57.0 Å². The number of fused-ring (bicyclic) bond motifs is 1. The minimum Gasteiger partial charge on any atom is -0.471 e. The first-order chi connectivity index (χ1) is 28.7. The molecule has 22 nitrogen and oxygen atoms in total. The van der Waals surface area contributed by atoms with Crippen LogP contribution in [0.5, 0.6) is 0 Å². The molecule has 0 aromatic heterocycles. The predicted molar refractivity (Wildman–Crippen MR) is 195 cm³/mol. The molecular weight excluding hydrogens is 849 g/mol. The van der Waals surface area contributed by atoms with E-state index in [0.29, 0.717) is 5.57 Å². The summed E-state index contributed by atoms with van der Waals surface area (Å²) in [5, 5.41) is 83.7. The second kappa shape index (κ2) is 18.6. The maximum absolute atomic E-state index is 14.0. The maximum atomic E-state index is 14.0. The van der Waals surface area contributed by atoms with E-state index in [1.165, 1.54) is 18.6 Å².